The van der Waals surface area contributed by atoms with Gasteiger partial charge in [0.2, 0.25) is 0 Å². The summed E-state index contributed by atoms with van der Waals surface area (Å²) in [5.41, 5.74) is 0. The van der Waals surface area contributed by atoms with E-state index in [2.05, 4.69) is 30.3 Å². The summed E-state index contributed by atoms with van der Waals surface area (Å²) in [4.78, 5) is 1.37. The summed E-state index contributed by atoms with van der Waals surface area (Å²) in [7, 11) is 0. The predicted molar refractivity (Wildman–Crippen MR) is 68.6 cm³/mol. The van der Waals surface area contributed by atoms with Crippen molar-refractivity contribution in [2.24, 2.45) is 0 Å². The minimum Gasteiger partial charge on any atom is -0.396 e. The lowest BCUT2D eigenvalue weighted by Gasteiger charge is -1.90. The first-order valence-electron chi connectivity index (χ1n) is 5.48. The number of benzene rings is 1. The largest absolute Gasteiger partial charge is 0.396 e. The van der Waals surface area contributed by atoms with E-state index >= 15 is 0 Å². The van der Waals surface area contributed by atoms with Crippen molar-refractivity contribution < 1.29 is 5.11 Å². The molecule has 0 unspecified atom stereocenters. The molecule has 0 fully saturated rings. The summed E-state index contributed by atoms with van der Waals surface area (Å²) in [5, 5.41) is 10.0. The van der Waals surface area contributed by atoms with Crippen LogP contribution in [0.15, 0.2) is 30.3 Å². The Labute approximate surface area is 95.4 Å². The highest BCUT2D eigenvalue weighted by Gasteiger charge is 1.99. The summed E-state index contributed by atoms with van der Waals surface area (Å²) in [5.74, 6) is 0. The van der Waals surface area contributed by atoms with Gasteiger partial charge in [-0.3, -0.25) is 0 Å². The number of thiophene rings is 1. The maximum atomic E-state index is 8.71. The molecule has 0 aliphatic rings. The average Bonchev–Trinajstić information content (AvgIpc) is 2.71. The molecule has 15 heavy (non-hydrogen) atoms. The zero-order chi connectivity index (χ0) is 11.1. The molecule has 0 amide bonds. The Balaban J connectivity index is 0.000000531. The summed E-state index contributed by atoms with van der Waals surface area (Å²) >= 11 is 1.83. The van der Waals surface area contributed by atoms with Crippen LogP contribution in [0.25, 0.3) is 10.1 Å². The molecule has 2 aromatic rings. The van der Waals surface area contributed by atoms with Crippen molar-refractivity contribution >= 4 is 21.4 Å². The van der Waals surface area contributed by atoms with Crippen molar-refractivity contribution in [3.05, 3.63) is 35.2 Å². The van der Waals surface area contributed by atoms with Crippen molar-refractivity contribution in [1.29, 1.82) is 0 Å². The summed E-state index contributed by atoms with van der Waals surface area (Å²) in [6, 6.07) is 10.6. The quantitative estimate of drug-likeness (QED) is 0.836. The molecule has 0 saturated carbocycles. The third-order valence-corrected chi connectivity index (χ3v) is 3.23. The average molecular weight is 222 g/mol. The van der Waals surface area contributed by atoms with E-state index < -0.39 is 0 Å². The lowest BCUT2D eigenvalue weighted by molar-refractivity contribution is 0.289. The molecule has 0 bridgehead atoms. The zero-order valence-corrected chi connectivity index (χ0v) is 10.2. The van der Waals surface area contributed by atoms with Crippen molar-refractivity contribution in [3.8, 4) is 0 Å². The molecule has 0 saturated heterocycles. The van der Waals surface area contributed by atoms with Gasteiger partial charge in [-0.25, -0.2) is 0 Å². The molecule has 0 aliphatic heterocycles. The first kappa shape index (κ1) is 12.2. The first-order valence-corrected chi connectivity index (χ1v) is 6.30. The van der Waals surface area contributed by atoms with E-state index in [1.165, 1.54) is 15.0 Å². The van der Waals surface area contributed by atoms with Crippen LogP contribution in [0.2, 0.25) is 0 Å². The van der Waals surface area contributed by atoms with Gasteiger partial charge in [0.25, 0.3) is 0 Å². The Hall–Kier alpha value is -0.860. The molecule has 0 radical (unpaired) electrons. The van der Waals surface area contributed by atoms with E-state index in [0.717, 1.165) is 12.8 Å². The summed E-state index contributed by atoms with van der Waals surface area (Å²) < 4.78 is 1.34. The van der Waals surface area contributed by atoms with Gasteiger partial charge in [-0.05, 0) is 30.4 Å². The van der Waals surface area contributed by atoms with Crippen LogP contribution in [0.1, 0.15) is 25.1 Å². The third-order valence-electron chi connectivity index (χ3n) is 2.06. The fraction of sp³-hybridized carbons (Fsp3) is 0.385. The van der Waals surface area contributed by atoms with Crippen LogP contribution in [0.4, 0.5) is 0 Å². The van der Waals surface area contributed by atoms with Gasteiger partial charge in [-0.15, -0.1) is 11.3 Å². The Morgan fingerprint density at radius 3 is 2.60 bits per heavy atom. The Morgan fingerprint density at radius 2 is 1.93 bits per heavy atom. The lowest BCUT2D eigenvalue weighted by atomic mass is 10.2. The van der Waals surface area contributed by atoms with Crippen molar-refractivity contribution in [2.75, 3.05) is 6.61 Å². The van der Waals surface area contributed by atoms with Gasteiger partial charge in [0.1, 0.15) is 0 Å². The standard InChI is InChI=1S/C11H12OS.C2H6/c12-7-3-5-10-8-9-4-1-2-6-11(9)13-10;1-2/h1-2,4,6,8,12H,3,5,7H2;1-2H3. The molecular weight excluding hydrogens is 204 g/mol. The molecule has 1 heterocycles. The summed E-state index contributed by atoms with van der Waals surface area (Å²) in [6.07, 6.45) is 1.86. The number of fused-ring (bicyclic) bond motifs is 1. The number of aliphatic hydroxyl groups is 1. The van der Waals surface area contributed by atoms with Gasteiger partial charge >= 0.3 is 0 Å². The van der Waals surface area contributed by atoms with Crippen LogP contribution in [-0.2, 0) is 6.42 Å². The highest BCUT2D eigenvalue weighted by molar-refractivity contribution is 7.19. The van der Waals surface area contributed by atoms with Gasteiger partial charge < -0.3 is 5.11 Å². The molecule has 2 rings (SSSR count). The van der Waals surface area contributed by atoms with E-state index in [4.69, 9.17) is 5.11 Å². The molecule has 82 valence electrons. The SMILES string of the molecule is CC.OCCCc1cc2ccccc2s1. The maximum absolute atomic E-state index is 8.71. The minimum atomic E-state index is 0.286. The van der Waals surface area contributed by atoms with E-state index in [-0.39, 0.29) is 6.61 Å². The first-order chi connectivity index (χ1) is 7.40. The maximum Gasteiger partial charge on any atom is 0.0434 e. The molecular formula is C13H18OS. The van der Waals surface area contributed by atoms with Crippen molar-refractivity contribution in [1.82, 2.24) is 0 Å². The van der Waals surface area contributed by atoms with E-state index in [1.807, 2.05) is 25.2 Å². The van der Waals surface area contributed by atoms with Gasteiger partial charge in [0.15, 0.2) is 0 Å². The third kappa shape index (κ3) is 3.33. The molecule has 0 atom stereocenters. The van der Waals surface area contributed by atoms with Crippen LogP contribution in [-0.4, -0.2) is 11.7 Å². The summed E-state index contributed by atoms with van der Waals surface area (Å²) in [6.45, 7) is 4.29. The smallest absolute Gasteiger partial charge is 0.0434 e. The van der Waals surface area contributed by atoms with E-state index in [9.17, 15) is 0 Å². The van der Waals surface area contributed by atoms with Crippen LogP contribution in [0.5, 0.6) is 0 Å². The number of hydrogen-bond donors (Lipinski definition) is 1. The number of aliphatic hydroxyl groups excluding tert-OH is 1. The van der Waals surface area contributed by atoms with E-state index in [1.54, 1.807) is 0 Å². The highest BCUT2D eigenvalue weighted by Crippen LogP contribution is 2.25. The van der Waals surface area contributed by atoms with Crippen LogP contribution >= 0.6 is 11.3 Å². The van der Waals surface area contributed by atoms with Gasteiger partial charge in [0, 0.05) is 16.2 Å². The fourth-order valence-corrected chi connectivity index (χ4v) is 2.52. The predicted octanol–water partition coefficient (Wildman–Crippen LogP) is 3.85. The van der Waals surface area contributed by atoms with E-state index in [0.29, 0.717) is 0 Å². The van der Waals surface area contributed by atoms with Crippen LogP contribution in [0.3, 0.4) is 0 Å². The second-order valence-corrected chi connectivity index (χ2v) is 4.25. The molecule has 1 N–H and O–H groups in total. The Bertz CT molecular complexity index is 359. The molecule has 0 aliphatic carbocycles. The zero-order valence-electron chi connectivity index (χ0n) is 9.36. The number of aryl methyl sites for hydroxylation is 1. The minimum absolute atomic E-state index is 0.286. The molecule has 1 aromatic carbocycles. The Morgan fingerprint density at radius 1 is 1.20 bits per heavy atom. The monoisotopic (exact) mass is 222 g/mol. The Kier molecular flexibility index (Phi) is 5.37. The fourth-order valence-electron chi connectivity index (χ4n) is 1.41. The molecule has 2 heteroatoms. The van der Waals surface area contributed by atoms with Crippen LogP contribution in [0, 0.1) is 0 Å². The van der Waals surface area contributed by atoms with Gasteiger partial charge in [-0.1, -0.05) is 32.0 Å². The topological polar surface area (TPSA) is 20.2 Å². The second-order valence-electron chi connectivity index (χ2n) is 3.08. The van der Waals surface area contributed by atoms with Gasteiger partial charge in [-0.2, -0.15) is 0 Å². The highest BCUT2D eigenvalue weighted by atomic mass is 32.1. The van der Waals surface area contributed by atoms with Gasteiger partial charge in [0.05, 0.1) is 0 Å². The number of rotatable bonds is 3. The van der Waals surface area contributed by atoms with Crippen molar-refractivity contribution in [2.45, 2.75) is 26.7 Å². The molecule has 1 aromatic heterocycles. The van der Waals surface area contributed by atoms with Crippen LogP contribution < -0.4 is 0 Å². The second kappa shape index (κ2) is 6.59. The molecule has 1 nitrogen and oxygen atoms in total. The number of hydrogen-bond acceptors (Lipinski definition) is 2. The lowest BCUT2D eigenvalue weighted by Crippen LogP contribution is -1.84. The molecule has 0 spiro atoms. The normalized spacial score (nSPS) is 9.80. The van der Waals surface area contributed by atoms with Crippen molar-refractivity contribution in [3.63, 3.8) is 0 Å².